The maximum atomic E-state index is 11.5. The first-order chi connectivity index (χ1) is 15.7. The van der Waals surface area contributed by atoms with Gasteiger partial charge in [-0.1, -0.05) is 34.4 Å². The van der Waals surface area contributed by atoms with Crippen LogP contribution in [0.4, 0.5) is 9.59 Å². The van der Waals surface area contributed by atoms with E-state index in [1.54, 1.807) is 0 Å². The molecule has 0 aliphatic rings. The highest BCUT2D eigenvalue weighted by atomic mass is 16.7. The molecular weight excluding hydrogens is 424 g/mol. The highest BCUT2D eigenvalue weighted by Crippen LogP contribution is 2.07. The normalized spacial score (nSPS) is 11.5. The van der Waals surface area contributed by atoms with Crippen molar-refractivity contribution in [2.24, 2.45) is 0 Å². The molecular formula is C26H42O7. The lowest BCUT2D eigenvalue weighted by atomic mass is 10.1. The van der Waals surface area contributed by atoms with Crippen LogP contribution in [0, 0.1) is 0 Å². The summed E-state index contributed by atoms with van der Waals surface area (Å²) in [6, 6.07) is 0. The Hall–Kier alpha value is -2.54. The second-order valence-electron chi connectivity index (χ2n) is 8.17. The van der Waals surface area contributed by atoms with Crippen molar-refractivity contribution in [2.45, 2.75) is 67.2 Å². The van der Waals surface area contributed by atoms with Gasteiger partial charge in [0.15, 0.2) is 0 Å². The number of allylic oxidation sites excluding steroid dienone is 6. The molecule has 0 spiro atoms. The van der Waals surface area contributed by atoms with Gasteiger partial charge in [0.1, 0.15) is 26.4 Å². The van der Waals surface area contributed by atoms with Crippen LogP contribution in [-0.4, -0.2) is 52.0 Å². The van der Waals surface area contributed by atoms with Crippen LogP contribution in [0.15, 0.2) is 46.6 Å². The van der Waals surface area contributed by atoms with E-state index in [0.29, 0.717) is 0 Å². The molecule has 0 atom stereocenters. The third kappa shape index (κ3) is 22.4. The van der Waals surface area contributed by atoms with Gasteiger partial charge >= 0.3 is 12.3 Å². The fourth-order valence-electron chi connectivity index (χ4n) is 2.44. The van der Waals surface area contributed by atoms with Crippen molar-refractivity contribution in [3.8, 4) is 0 Å². The molecule has 7 heteroatoms. The summed E-state index contributed by atoms with van der Waals surface area (Å²) in [5.74, 6) is 0. The summed E-state index contributed by atoms with van der Waals surface area (Å²) in [6.07, 6.45) is 10.4. The minimum absolute atomic E-state index is 0.0589. The molecule has 0 fully saturated rings. The van der Waals surface area contributed by atoms with E-state index in [0.717, 1.165) is 36.8 Å². The summed E-state index contributed by atoms with van der Waals surface area (Å²) in [5.41, 5.74) is 4.90. The third-order valence-corrected chi connectivity index (χ3v) is 4.34. The van der Waals surface area contributed by atoms with E-state index in [2.05, 4.69) is 39.8 Å². The highest BCUT2D eigenvalue weighted by Gasteiger charge is 2.04. The molecule has 0 rings (SSSR count). The van der Waals surface area contributed by atoms with E-state index in [1.807, 2.05) is 26.0 Å². The largest absolute Gasteiger partial charge is 0.508 e. The Morgan fingerprint density at radius 2 is 0.939 bits per heavy atom. The third-order valence-electron chi connectivity index (χ3n) is 4.34. The lowest BCUT2D eigenvalue weighted by molar-refractivity contribution is 0.00998. The van der Waals surface area contributed by atoms with Gasteiger partial charge in [-0.15, -0.1) is 0 Å². The number of hydrogen-bond acceptors (Lipinski definition) is 7. The zero-order valence-electron chi connectivity index (χ0n) is 21.2. The van der Waals surface area contributed by atoms with Crippen LogP contribution in [0.2, 0.25) is 0 Å². The first kappa shape index (κ1) is 30.5. The predicted octanol–water partition coefficient (Wildman–Crippen LogP) is 6.69. The fraction of sp³-hybridized carbons (Fsp3) is 0.615. The van der Waals surface area contributed by atoms with Crippen LogP contribution in [-0.2, 0) is 23.7 Å². The molecule has 0 radical (unpaired) electrons. The fourth-order valence-corrected chi connectivity index (χ4v) is 2.44. The summed E-state index contributed by atoms with van der Waals surface area (Å²) in [4.78, 5) is 23.0. The van der Waals surface area contributed by atoms with Crippen LogP contribution in [0.3, 0.4) is 0 Å². The lowest BCUT2D eigenvalue weighted by Gasteiger charge is -2.07. The van der Waals surface area contributed by atoms with Crippen LogP contribution in [0.1, 0.15) is 67.2 Å². The molecule has 0 N–H and O–H groups in total. The first-order valence-corrected chi connectivity index (χ1v) is 11.5. The summed E-state index contributed by atoms with van der Waals surface area (Å²) >= 11 is 0. The minimum Gasteiger partial charge on any atom is -0.432 e. The monoisotopic (exact) mass is 466 g/mol. The van der Waals surface area contributed by atoms with Gasteiger partial charge in [-0.05, 0) is 79.4 Å². The molecule has 7 nitrogen and oxygen atoms in total. The summed E-state index contributed by atoms with van der Waals surface area (Å²) in [6.45, 7) is 13.1. The van der Waals surface area contributed by atoms with Gasteiger partial charge in [-0.25, -0.2) is 9.59 Å². The van der Waals surface area contributed by atoms with Gasteiger partial charge in [-0.2, -0.15) is 0 Å². The van der Waals surface area contributed by atoms with Gasteiger partial charge in [0.25, 0.3) is 0 Å². The van der Waals surface area contributed by atoms with Crippen LogP contribution in [0.25, 0.3) is 0 Å². The SMILES string of the molecule is CC(C)=CCCC(C)=CCOC(=O)OCCOCCOC(=O)OCC=C(C)CCC=C(C)C. The maximum Gasteiger partial charge on any atom is 0.508 e. The average Bonchev–Trinajstić information content (AvgIpc) is 2.72. The number of carbonyl (C=O) groups is 2. The molecule has 0 unspecified atom stereocenters. The van der Waals surface area contributed by atoms with Gasteiger partial charge < -0.3 is 23.7 Å². The standard InChI is InChI=1S/C26H42O7/c1-21(2)9-7-11-23(5)13-15-30-25(27)32-19-17-29-18-20-33-26(28)31-16-14-24(6)12-8-10-22(3)4/h9-10,13-14H,7-8,11-12,15-20H2,1-6H3. The molecule has 0 aromatic carbocycles. The number of rotatable bonds is 16. The Balaban J connectivity index is 3.67. The zero-order chi connectivity index (χ0) is 24.9. The molecule has 0 saturated carbocycles. The molecule has 0 aromatic rings. The molecule has 188 valence electrons. The molecule has 0 amide bonds. The van der Waals surface area contributed by atoms with Crippen molar-refractivity contribution in [1.82, 2.24) is 0 Å². The van der Waals surface area contributed by atoms with Gasteiger partial charge in [0.2, 0.25) is 0 Å². The Morgan fingerprint density at radius 3 is 1.30 bits per heavy atom. The van der Waals surface area contributed by atoms with E-state index in [-0.39, 0.29) is 39.6 Å². The summed E-state index contributed by atoms with van der Waals surface area (Å²) in [7, 11) is 0. The zero-order valence-corrected chi connectivity index (χ0v) is 21.2. The van der Waals surface area contributed by atoms with Crippen molar-refractivity contribution in [2.75, 3.05) is 39.6 Å². The van der Waals surface area contributed by atoms with E-state index >= 15 is 0 Å². The number of ether oxygens (including phenoxy) is 5. The van der Waals surface area contributed by atoms with Gasteiger partial charge in [0, 0.05) is 0 Å². The van der Waals surface area contributed by atoms with Crippen LogP contribution < -0.4 is 0 Å². The minimum atomic E-state index is -0.740. The molecule has 0 aromatic heterocycles. The number of carbonyl (C=O) groups excluding carboxylic acids is 2. The topological polar surface area (TPSA) is 80.3 Å². The molecule has 0 heterocycles. The van der Waals surface area contributed by atoms with Gasteiger partial charge in [-0.3, -0.25) is 0 Å². The molecule has 0 saturated heterocycles. The Kier molecular flexibility index (Phi) is 18.5. The Labute approximate surface area is 199 Å². The predicted molar refractivity (Wildman–Crippen MR) is 130 cm³/mol. The summed E-state index contributed by atoms with van der Waals surface area (Å²) in [5, 5.41) is 0. The van der Waals surface area contributed by atoms with Crippen molar-refractivity contribution < 1.29 is 33.3 Å². The van der Waals surface area contributed by atoms with Crippen LogP contribution in [0.5, 0.6) is 0 Å². The highest BCUT2D eigenvalue weighted by molar-refractivity contribution is 5.60. The van der Waals surface area contributed by atoms with Crippen molar-refractivity contribution >= 4 is 12.3 Å². The molecule has 0 bridgehead atoms. The van der Waals surface area contributed by atoms with Gasteiger partial charge in [0.05, 0.1) is 13.2 Å². The second-order valence-corrected chi connectivity index (χ2v) is 8.17. The maximum absolute atomic E-state index is 11.5. The quantitative estimate of drug-likeness (QED) is 0.142. The second kappa shape index (κ2) is 20.1. The van der Waals surface area contributed by atoms with E-state index < -0.39 is 12.3 Å². The van der Waals surface area contributed by atoms with Crippen molar-refractivity contribution in [1.29, 1.82) is 0 Å². The number of hydrogen-bond donors (Lipinski definition) is 0. The molecule has 0 aliphatic carbocycles. The van der Waals surface area contributed by atoms with E-state index in [1.165, 1.54) is 11.1 Å². The average molecular weight is 467 g/mol. The molecule has 0 aliphatic heterocycles. The Morgan fingerprint density at radius 1 is 0.545 bits per heavy atom. The van der Waals surface area contributed by atoms with E-state index in [9.17, 15) is 9.59 Å². The lowest BCUT2D eigenvalue weighted by Crippen LogP contribution is -2.16. The van der Waals surface area contributed by atoms with Crippen molar-refractivity contribution in [3.05, 3.63) is 46.6 Å². The van der Waals surface area contributed by atoms with Crippen molar-refractivity contribution in [3.63, 3.8) is 0 Å². The Bertz CT molecular complexity index is 621. The van der Waals surface area contributed by atoms with E-state index in [4.69, 9.17) is 23.7 Å². The summed E-state index contributed by atoms with van der Waals surface area (Å²) < 4.78 is 25.0. The molecule has 33 heavy (non-hydrogen) atoms. The smallest absolute Gasteiger partial charge is 0.432 e. The van der Waals surface area contributed by atoms with Crippen LogP contribution >= 0.6 is 0 Å². The first-order valence-electron chi connectivity index (χ1n) is 11.5.